The third kappa shape index (κ3) is 4.02. The third-order valence-electron chi connectivity index (χ3n) is 7.15. The van der Waals surface area contributed by atoms with Crippen LogP contribution in [-0.4, -0.2) is 19.7 Å². The van der Waals surface area contributed by atoms with Crippen LogP contribution < -0.4 is 5.73 Å². The molecular formula is C30H29N5. The van der Waals surface area contributed by atoms with Gasteiger partial charge in [-0.05, 0) is 48.9 Å². The number of pyridine rings is 2. The van der Waals surface area contributed by atoms with E-state index < -0.39 is 0 Å². The predicted octanol–water partition coefficient (Wildman–Crippen LogP) is 6.58. The molecule has 2 N–H and O–H groups in total. The van der Waals surface area contributed by atoms with Gasteiger partial charge in [0.2, 0.25) is 0 Å². The van der Waals surface area contributed by atoms with E-state index in [2.05, 4.69) is 78.9 Å². The molecule has 5 heteroatoms. The highest BCUT2D eigenvalue weighted by atomic mass is 15.3. The minimum atomic E-state index is -0.164. The van der Waals surface area contributed by atoms with Gasteiger partial charge in [0.05, 0.1) is 29.3 Å². The second-order valence-electron chi connectivity index (χ2n) is 9.59. The summed E-state index contributed by atoms with van der Waals surface area (Å²) in [5.41, 5.74) is 14.7. The first kappa shape index (κ1) is 21.7. The highest BCUT2D eigenvalue weighted by Crippen LogP contribution is 2.40. The summed E-state index contributed by atoms with van der Waals surface area (Å²) in [6.45, 7) is 3.06. The number of nitrogens with zero attached hydrogens (tertiary/aromatic N) is 4. The van der Waals surface area contributed by atoms with Crippen molar-refractivity contribution in [3.05, 3.63) is 90.9 Å². The van der Waals surface area contributed by atoms with Crippen LogP contribution in [0.2, 0.25) is 0 Å². The molecule has 0 amide bonds. The van der Waals surface area contributed by atoms with Crippen molar-refractivity contribution in [1.29, 1.82) is 0 Å². The van der Waals surface area contributed by atoms with Crippen LogP contribution in [0, 0.1) is 0 Å². The van der Waals surface area contributed by atoms with Crippen molar-refractivity contribution in [2.45, 2.75) is 44.7 Å². The van der Waals surface area contributed by atoms with E-state index in [1.807, 2.05) is 23.1 Å². The number of rotatable bonds is 6. The SMILES string of the molecule is CCCn1cc(-c2cc3cc(-c4ccccc4)c(-c4ccc(C5(N)CCC5)cc4)nc3cn2)cn1. The van der Waals surface area contributed by atoms with E-state index in [0.29, 0.717) is 0 Å². The highest BCUT2D eigenvalue weighted by Gasteiger charge is 2.34. The normalized spacial score (nSPS) is 14.7. The summed E-state index contributed by atoms with van der Waals surface area (Å²) in [4.78, 5) is 9.82. The van der Waals surface area contributed by atoms with Gasteiger partial charge in [-0.25, -0.2) is 4.98 Å². The lowest BCUT2D eigenvalue weighted by Gasteiger charge is -2.38. The Kier molecular flexibility index (Phi) is 5.42. The zero-order valence-corrected chi connectivity index (χ0v) is 20.0. The van der Waals surface area contributed by atoms with Crippen molar-refractivity contribution in [3.63, 3.8) is 0 Å². The molecule has 5 nitrogen and oxygen atoms in total. The number of nitrogens with two attached hydrogens (primary N) is 1. The van der Waals surface area contributed by atoms with Gasteiger partial charge >= 0.3 is 0 Å². The van der Waals surface area contributed by atoms with Crippen LogP contribution in [0.5, 0.6) is 0 Å². The summed E-state index contributed by atoms with van der Waals surface area (Å²) >= 11 is 0. The summed E-state index contributed by atoms with van der Waals surface area (Å²) in [6, 6.07) is 23.5. The Balaban J connectivity index is 1.46. The Hall–Kier alpha value is -3.83. The number of fused-ring (bicyclic) bond motifs is 1. The number of aryl methyl sites for hydroxylation is 1. The van der Waals surface area contributed by atoms with Gasteiger partial charge in [-0.3, -0.25) is 9.67 Å². The molecule has 1 saturated carbocycles. The van der Waals surface area contributed by atoms with Gasteiger partial charge in [-0.2, -0.15) is 5.10 Å². The summed E-state index contributed by atoms with van der Waals surface area (Å²) in [7, 11) is 0. The molecule has 35 heavy (non-hydrogen) atoms. The topological polar surface area (TPSA) is 69.6 Å². The minimum Gasteiger partial charge on any atom is -0.321 e. The fraction of sp³-hybridized carbons (Fsp3) is 0.233. The summed E-state index contributed by atoms with van der Waals surface area (Å²) in [5.74, 6) is 0. The van der Waals surface area contributed by atoms with Gasteiger partial charge in [-0.15, -0.1) is 0 Å². The molecular weight excluding hydrogens is 430 g/mol. The lowest BCUT2D eigenvalue weighted by atomic mass is 9.72. The van der Waals surface area contributed by atoms with Crippen molar-refractivity contribution < 1.29 is 0 Å². The van der Waals surface area contributed by atoms with Crippen LogP contribution in [0.1, 0.15) is 38.2 Å². The zero-order chi connectivity index (χ0) is 23.8. The molecule has 3 heterocycles. The maximum Gasteiger partial charge on any atom is 0.0893 e. The molecule has 1 aliphatic rings. The van der Waals surface area contributed by atoms with E-state index in [1.54, 1.807) is 0 Å². The number of hydrogen-bond acceptors (Lipinski definition) is 4. The predicted molar refractivity (Wildman–Crippen MR) is 142 cm³/mol. The molecule has 1 fully saturated rings. The second kappa shape index (κ2) is 8.75. The van der Waals surface area contributed by atoms with Crippen LogP contribution in [0.3, 0.4) is 0 Å². The van der Waals surface area contributed by atoms with Gasteiger partial charge in [0.1, 0.15) is 0 Å². The van der Waals surface area contributed by atoms with E-state index in [4.69, 9.17) is 15.7 Å². The standard InChI is InChI=1S/C30H29N5/c1-2-15-35-20-24(18-33-35)27-17-23-16-26(21-7-4-3-5-8-21)29(34-28(23)19-32-27)22-9-11-25(12-10-22)30(31)13-6-14-30/h3-5,7-12,16-20H,2,6,13-15,31H2,1H3. The Morgan fingerprint density at radius 3 is 2.43 bits per heavy atom. The first-order chi connectivity index (χ1) is 17.1. The van der Waals surface area contributed by atoms with Crippen LogP contribution in [-0.2, 0) is 12.1 Å². The van der Waals surface area contributed by atoms with Crippen molar-refractivity contribution in [2.24, 2.45) is 5.73 Å². The van der Waals surface area contributed by atoms with Gasteiger partial charge < -0.3 is 5.73 Å². The monoisotopic (exact) mass is 459 g/mol. The molecule has 3 aromatic heterocycles. The summed E-state index contributed by atoms with van der Waals surface area (Å²) in [6.07, 6.45) is 10.2. The quantitative estimate of drug-likeness (QED) is 0.312. The van der Waals surface area contributed by atoms with Gasteiger partial charge in [0, 0.05) is 40.4 Å². The van der Waals surface area contributed by atoms with Gasteiger partial charge in [0.15, 0.2) is 0 Å². The van der Waals surface area contributed by atoms with Crippen LogP contribution >= 0.6 is 0 Å². The van der Waals surface area contributed by atoms with Crippen LogP contribution in [0.4, 0.5) is 0 Å². The molecule has 5 aromatic rings. The first-order valence-corrected chi connectivity index (χ1v) is 12.4. The van der Waals surface area contributed by atoms with E-state index in [0.717, 1.165) is 70.4 Å². The Morgan fingerprint density at radius 1 is 0.914 bits per heavy atom. The lowest BCUT2D eigenvalue weighted by molar-refractivity contribution is 0.253. The van der Waals surface area contributed by atoms with Crippen molar-refractivity contribution >= 4 is 10.9 Å². The Bertz CT molecular complexity index is 1480. The Labute approximate surface area is 205 Å². The summed E-state index contributed by atoms with van der Waals surface area (Å²) in [5, 5.41) is 5.53. The second-order valence-corrected chi connectivity index (χ2v) is 9.59. The minimum absolute atomic E-state index is 0.164. The van der Waals surface area contributed by atoms with Crippen molar-refractivity contribution in [1.82, 2.24) is 19.7 Å². The fourth-order valence-electron chi connectivity index (χ4n) is 4.95. The maximum atomic E-state index is 6.56. The number of benzene rings is 2. The van der Waals surface area contributed by atoms with Crippen molar-refractivity contribution in [2.75, 3.05) is 0 Å². The number of aromatic nitrogens is 4. The molecule has 0 spiro atoms. The van der Waals surface area contributed by atoms with Gasteiger partial charge in [0.25, 0.3) is 0 Å². The zero-order valence-electron chi connectivity index (χ0n) is 20.0. The van der Waals surface area contributed by atoms with Crippen LogP contribution in [0.15, 0.2) is 85.3 Å². The molecule has 0 radical (unpaired) electrons. The molecule has 174 valence electrons. The molecule has 1 aliphatic carbocycles. The van der Waals surface area contributed by atoms with Gasteiger partial charge in [-0.1, -0.05) is 61.5 Å². The average molecular weight is 460 g/mol. The maximum absolute atomic E-state index is 6.56. The highest BCUT2D eigenvalue weighted by molar-refractivity contribution is 5.92. The third-order valence-corrected chi connectivity index (χ3v) is 7.15. The van der Waals surface area contributed by atoms with Crippen molar-refractivity contribution in [3.8, 4) is 33.6 Å². The summed E-state index contributed by atoms with van der Waals surface area (Å²) < 4.78 is 1.97. The van der Waals surface area contributed by atoms with E-state index in [9.17, 15) is 0 Å². The smallest absolute Gasteiger partial charge is 0.0893 e. The molecule has 0 bridgehead atoms. The van der Waals surface area contributed by atoms with E-state index in [-0.39, 0.29) is 5.54 Å². The Morgan fingerprint density at radius 2 is 1.71 bits per heavy atom. The molecule has 6 rings (SSSR count). The molecule has 0 aliphatic heterocycles. The van der Waals surface area contributed by atoms with Crippen LogP contribution in [0.25, 0.3) is 44.5 Å². The lowest BCUT2D eigenvalue weighted by Crippen LogP contribution is -2.43. The first-order valence-electron chi connectivity index (χ1n) is 12.4. The average Bonchev–Trinajstić information content (AvgIpc) is 3.36. The molecule has 0 unspecified atom stereocenters. The molecule has 2 aromatic carbocycles. The largest absolute Gasteiger partial charge is 0.321 e. The number of hydrogen-bond donors (Lipinski definition) is 1. The molecule has 0 saturated heterocycles. The van der Waals surface area contributed by atoms with E-state index >= 15 is 0 Å². The fourth-order valence-corrected chi connectivity index (χ4v) is 4.95. The molecule has 0 atom stereocenters. The van der Waals surface area contributed by atoms with E-state index in [1.165, 1.54) is 12.0 Å².